The SMILES string of the molecule is Cc1ccoc1C(=O)N1CCCCC1CN. The Labute approximate surface area is 95.4 Å². The van der Waals surface area contributed by atoms with Gasteiger partial charge in [0, 0.05) is 24.7 Å². The van der Waals surface area contributed by atoms with Crippen molar-refractivity contribution < 1.29 is 9.21 Å². The van der Waals surface area contributed by atoms with Gasteiger partial charge in [0.1, 0.15) is 0 Å². The van der Waals surface area contributed by atoms with Crippen LogP contribution in [0.5, 0.6) is 0 Å². The Hall–Kier alpha value is -1.29. The zero-order valence-electron chi connectivity index (χ0n) is 9.61. The third-order valence-corrected chi connectivity index (χ3v) is 3.22. The van der Waals surface area contributed by atoms with E-state index in [9.17, 15) is 4.79 Å². The van der Waals surface area contributed by atoms with Gasteiger partial charge in [-0.3, -0.25) is 4.79 Å². The minimum Gasteiger partial charge on any atom is -0.459 e. The molecule has 0 radical (unpaired) electrons. The average Bonchev–Trinajstić information content (AvgIpc) is 2.74. The van der Waals surface area contributed by atoms with Gasteiger partial charge >= 0.3 is 0 Å². The Morgan fingerprint density at radius 2 is 2.44 bits per heavy atom. The number of aryl methyl sites for hydroxylation is 1. The smallest absolute Gasteiger partial charge is 0.290 e. The van der Waals surface area contributed by atoms with Gasteiger partial charge in [-0.1, -0.05) is 0 Å². The minimum absolute atomic E-state index is 0.0161. The number of piperidine rings is 1. The Bertz CT molecular complexity index is 373. The van der Waals surface area contributed by atoms with E-state index in [1.807, 2.05) is 17.9 Å². The van der Waals surface area contributed by atoms with Gasteiger partial charge in [0.05, 0.1) is 6.26 Å². The van der Waals surface area contributed by atoms with E-state index < -0.39 is 0 Å². The Kier molecular flexibility index (Phi) is 3.29. The van der Waals surface area contributed by atoms with Crippen LogP contribution in [0.2, 0.25) is 0 Å². The minimum atomic E-state index is -0.0161. The Morgan fingerprint density at radius 3 is 3.06 bits per heavy atom. The van der Waals surface area contributed by atoms with Gasteiger partial charge in [-0.25, -0.2) is 0 Å². The second-order valence-corrected chi connectivity index (χ2v) is 4.32. The first-order chi connectivity index (χ1) is 7.74. The van der Waals surface area contributed by atoms with Crippen molar-refractivity contribution in [1.82, 2.24) is 4.90 Å². The third kappa shape index (κ3) is 1.97. The summed E-state index contributed by atoms with van der Waals surface area (Å²) in [4.78, 5) is 14.1. The highest BCUT2D eigenvalue weighted by Gasteiger charge is 2.28. The van der Waals surface area contributed by atoms with Crippen LogP contribution in [-0.2, 0) is 0 Å². The second kappa shape index (κ2) is 4.70. The first kappa shape index (κ1) is 11.2. The number of nitrogens with zero attached hydrogens (tertiary/aromatic N) is 1. The van der Waals surface area contributed by atoms with Gasteiger partial charge in [-0.15, -0.1) is 0 Å². The molecular formula is C12H18N2O2. The molecule has 2 rings (SSSR count). The zero-order chi connectivity index (χ0) is 11.5. The van der Waals surface area contributed by atoms with Crippen LogP contribution in [0, 0.1) is 6.92 Å². The molecule has 1 saturated heterocycles. The van der Waals surface area contributed by atoms with E-state index >= 15 is 0 Å². The molecule has 1 aliphatic heterocycles. The maximum atomic E-state index is 12.2. The quantitative estimate of drug-likeness (QED) is 0.825. The summed E-state index contributed by atoms with van der Waals surface area (Å²) in [6.07, 6.45) is 4.77. The van der Waals surface area contributed by atoms with Crippen molar-refractivity contribution in [3.05, 3.63) is 23.7 Å². The number of carbonyl (C=O) groups is 1. The first-order valence-corrected chi connectivity index (χ1v) is 5.79. The number of carbonyl (C=O) groups excluding carboxylic acids is 1. The molecule has 1 unspecified atom stereocenters. The highest BCUT2D eigenvalue weighted by Crippen LogP contribution is 2.20. The second-order valence-electron chi connectivity index (χ2n) is 4.32. The standard InChI is InChI=1S/C12H18N2O2/c1-9-5-7-16-11(9)12(15)14-6-3-2-4-10(14)8-13/h5,7,10H,2-4,6,8,13H2,1H3. The molecule has 0 bridgehead atoms. The van der Waals surface area contributed by atoms with Gasteiger partial charge < -0.3 is 15.1 Å². The summed E-state index contributed by atoms with van der Waals surface area (Å²) < 4.78 is 5.24. The van der Waals surface area contributed by atoms with Gasteiger partial charge in [0.15, 0.2) is 5.76 Å². The molecule has 1 atom stereocenters. The van der Waals surface area contributed by atoms with Crippen LogP contribution in [0.3, 0.4) is 0 Å². The van der Waals surface area contributed by atoms with E-state index in [-0.39, 0.29) is 11.9 Å². The average molecular weight is 222 g/mol. The van der Waals surface area contributed by atoms with E-state index in [0.717, 1.165) is 31.4 Å². The molecule has 1 fully saturated rings. The molecule has 2 heterocycles. The summed E-state index contributed by atoms with van der Waals surface area (Å²) in [6.45, 7) is 3.21. The molecule has 16 heavy (non-hydrogen) atoms. The number of nitrogens with two attached hydrogens (primary N) is 1. The highest BCUT2D eigenvalue weighted by molar-refractivity contribution is 5.93. The monoisotopic (exact) mass is 222 g/mol. The molecular weight excluding hydrogens is 204 g/mol. The fraction of sp³-hybridized carbons (Fsp3) is 0.583. The van der Waals surface area contributed by atoms with Crippen LogP contribution in [-0.4, -0.2) is 29.9 Å². The molecule has 1 aliphatic rings. The van der Waals surface area contributed by atoms with E-state index in [1.165, 1.54) is 0 Å². The van der Waals surface area contributed by atoms with Crippen molar-refractivity contribution in [3.8, 4) is 0 Å². The summed E-state index contributed by atoms with van der Waals surface area (Å²) in [7, 11) is 0. The van der Waals surface area contributed by atoms with Gasteiger partial charge in [0.2, 0.25) is 0 Å². The summed E-state index contributed by atoms with van der Waals surface area (Å²) >= 11 is 0. The van der Waals surface area contributed by atoms with Crippen molar-refractivity contribution in [2.75, 3.05) is 13.1 Å². The molecule has 2 N–H and O–H groups in total. The van der Waals surface area contributed by atoms with Crippen LogP contribution in [0.4, 0.5) is 0 Å². The van der Waals surface area contributed by atoms with E-state index in [0.29, 0.717) is 12.3 Å². The highest BCUT2D eigenvalue weighted by atomic mass is 16.3. The molecule has 1 aromatic heterocycles. The van der Waals surface area contributed by atoms with Crippen LogP contribution >= 0.6 is 0 Å². The predicted octanol–water partition coefficient (Wildman–Crippen LogP) is 1.54. The first-order valence-electron chi connectivity index (χ1n) is 5.79. The molecule has 1 amide bonds. The fourth-order valence-electron chi connectivity index (χ4n) is 2.24. The summed E-state index contributed by atoms with van der Waals surface area (Å²) in [5.41, 5.74) is 6.59. The lowest BCUT2D eigenvalue weighted by Gasteiger charge is -2.34. The summed E-state index contributed by atoms with van der Waals surface area (Å²) in [5, 5.41) is 0. The maximum absolute atomic E-state index is 12.2. The topological polar surface area (TPSA) is 59.5 Å². The third-order valence-electron chi connectivity index (χ3n) is 3.22. The van der Waals surface area contributed by atoms with Crippen molar-refractivity contribution in [1.29, 1.82) is 0 Å². The number of rotatable bonds is 2. The van der Waals surface area contributed by atoms with Crippen LogP contribution in [0.15, 0.2) is 16.7 Å². The van der Waals surface area contributed by atoms with Gasteiger partial charge in [-0.05, 0) is 32.3 Å². The van der Waals surface area contributed by atoms with Crippen molar-refractivity contribution in [2.24, 2.45) is 5.73 Å². The molecule has 4 heteroatoms. The predicted molar refractivity (Wildman–Crippen MR) is 61.2 cm³/mol. The number of hydrogen-bond donors (Lipinski definition) is 1. The Morgan fingerprint density at radius 1 is 1.62 bits per heavy atom. The maximum Gasteiger partial charge on any atom is 0.290 e. The van der Waals surface area contributed by atoms with E-state index in [1.54, 1.807) is 6.26 Å². The molecule has 0 spiro atoms. The summed E-state index contributed by atoms with van der Waals surface area (Å²) in [6, 6.07) is 1.99. The van der Waals surface area contributed by atoms with Crippen molar-refractivity contribution in [3.63, 3.8) is 0 Å². The molecule has 88 valence electrons. The van der Waals surface area contributed by atoms with Crippen molar-refractivity contribution in [2.45, 2.75) is 32.2 Å². The van der Waals surface area contributed by atoms with Crippen LogP contribution in [0.25, 0.3) is 0 Å². The fourth-order valence-corrected chi connectivity index (χ4v) is 2.24. The Balaban J connectivity index is 2.17. The van der Waals surface area contributed by atoms with E-state index in [4.69, 9.17) is 10.2 Å². The molecule has 1 aromatic rings. The lowest BCUT2D eigenvalue weighted by molar-refractivity contribution is 0.0590. The van der Waals surface area contributed by atoms with Gasteiger partial charge in [-0.2, -0.15) is 0 Å². The molecule has 4 nitrogen and oxygen atoms in total. The molecule has 0 aromatic carbocycles. The number of hydrogen-bond acceptors (Lipinski definition) is 3. The lowest BCUT2D eigenvalue weighted by atomic mass is 10.0. The molecule has 0 saturated carbocycles. The number of furan rings is 1. The largest absolute Gasteiger partial charge is 0.459 e. The van der Waals surface area contributed by atoms with E-state index in [2.05, 4.69) is 0 Å². The summed E-state index contributed by atoms with van der Waals surface area (Å²) in [5.74, 6) is 0.443. The van der Waals surface area contributed by atoms with Crippen molar-refractivity contribution >= 4 is 5.91 Å². The van der Waals surface area contributed by atoms with Gasteiger partial charge in [0.25, 0.3) is 5.91 Å². The van der Waals surface area contributed by atoms with Crippen LogP contribution < -0.4 is 5.73 Å². The lowest BCUT2D eigenvalue weighted by Crippen LogP contribution is -2.47. The number of likely N-dealkylation sites (tertiary alicyclic amines) is 1. The normalized spacial score (nSPS) is 21.1. The zero-order valence-corrected chi connectivity index (χ0v) is 9.61. The number of amides is 1. The van der Waals surface area contributed by atoms with Crippen LogP contribution in [0.1, 0.15) is 35.4 Å². The molecule has 0 aliphatic carbocycles.